The lowest BCUT2D eigenvalue weighted by Gasteiger charge is -2.32. The van der Waals surface area contributed by atoms with Crippen LogP contribution >= 0.6 is 0 Å². The van der Waals surface area contributed by atoms with Gasteiger partial charge < -0.3 is 9.47 Å². The summed E-state index contributed by atoms with van der Waals surface area (Å²) in [6, 6.07) is 6.59. The minimum Gasteiger partial charge on any atom is -0.333 e. The summed E-state index contributed by atoms with van der Waals surface area (Å²) in [5.74, 6) is 1.66. The Morgan fingerprint density at radius 2 is 1.92 bits per heavy atom. The van der Waals surface area contributed by atoms with Gasteiger partial charge in [0.2, 0.25) is 5.91 Å². The third-order valence-electron chi connectivity index (χ3n) is 4.25. The molecule has 1 unspecified atom stereocenters. The molecule has 1 aliphatic rings. The Kier molecular flexibility index (Phi) is 4.16. The maximum Gasteiger partial charge on any atom is 0.227 e. The molecule has 2 aromatic rings. The van der Waals surface area contributed by atoms with Gasteiger partial charge in [-0.2, -0.15) is 0 Å². The number of aromatic nitrogens is 3. The topological polar surface area (TPSA) is 85.2 Å². The second-order valence-electron chi connectivity index (χ2n) is 6.25. The zero-order chi connectivity index (χ0) is 17.5. The summed E-state index contributed by atoms with van der Waals surface area (Å²) in [6.45, 7) is 5.02. The smallest absolute Gasteiger partial charge is 0.227 e. The minimum absolute atomic E-state index is 0.000795. The van der Waals surface area contributed by atoms with Gasteiger partial charge in [0.25, 0.3) is 0 Å². The number of fused-ring (bicyclic) bond motifs is 1. The summed E-state index contributed by atoms with van der Waals surface area (Å²) in [4.78, 5) is 14.6. The molecule has 0 radical (unpaired) electrons. The van der Waals surface area contributed by atoms with Crippen molar-refractivity contribution in [3.05, 3.63) is 41.5 Å². The zero-order valence-electron chi connectivity index (χ0n) is 13.9. The highest BCUT2D eigenvalue weighted by Gasteiger charge is 2.27. The maximum atomic E-state index is 12.6. The Hall–Kier alpha value is -2.22. The van der Waals surface area contributed by atoms with E-state index in [9.17, 15) is 13.2 Å². The van der Waals surface area contributed by atoms with Crippen molar-refractivity contribution < 1.29 is 13.2 Å². The van der Waals surface area contributed by atoms with Gasteiger partial charge in [0.05, 0.1) is 23.9 Å². The number of hydrogen-bond acceptors (Lipinski definition) is 5. The average Bonchev–Trinajstić information content (AvgIpc) is 2.88. The molecule has 3 rings (SSSR count). The van der Waals surface area contributed by atoms with E-state index in [0.29, 0.717) is 13.1 Å². The third kappa shape index (κ3) is 3.19. The standard InChI is InChI=1S/C16H20N4O3S/c1-11-9-19(10-15-18-17-12(2)20(11)15)16(21)8-13-4-6-14(7-5-13)24(3,22)23/h4-7,11H,8-10H2,1-3H3. The molecule has 0 aliphatic carbocycles. The molecule has 1 amide bonds. The maximum absolute atomic E-state index is 12.6. The van der Waals surface area contributed by atoms with Crippen molar-refractivity contribution in [1.29, 1.82) is 0 Å². The van der Waals surface area contributed by atoms with E-state index in [2.05, 4.69) is 14.8 Å². The summed E-state index contributed by atoms with van der Waals surface area (Å²) in [5.41, 5.74) is 0.795. The average molecular weight is 348 g/mol. The van der Waals surface area contributed by atoms with Crippen LogP contribution in [0.1, 0.15) is 30.2 Å². The summed E-state index contributed by atoms with van der Waals surface area (Å²) < 4.78 is 25.0. The molecule has 0 N–H and O–H groups in total. The number of amides is 1. The highest BCUT2D eigenvalue weighted by Crippen LogP contribution is 2.22. The van der Waals surface area contributed by atoms with E-state index >= 15 is 0 Å². The SMILES string of the molecule is Cc1nnc2n1C(C)CN(C(=O)Cc1ccc(S(C)(=O)=O)cc1)C2. The summed E-state index contributed by atoms with van der Waals surface area (Å²) in [7, 11) is -3.22. The van der Waals surface area contributed by atoms with Crippen LogP contribution in [0.25, 0.3) is 0 Å². The zero-order valence-corrected chi connectivity index (χ0v) is 14.7. The molecule has 1 aromatic carbocycles. The molecule has 1 aliphatic heterocycles. The first-order valence-electron chi connectivity index (χ1n) is 7.73. The van der Waals surface area contributed by atoms with Gasteiger partial charge >= 0.3 is 0 Å². The van der Waals surface area contributed by atoms with Crippen molar-refractivity contribution >= 4 is 15.7 Å². The van der Waals surface area contributed by atoms with E-state index in [4.69, 9.17) is 0 Å². The fourth-order valence-electron chi connectivity index (χ4n) is 3.06. The van der Waals surface area contributed by atoms with Crippen LogP contribution in [0.2, 0.25) is 0 Å². The van der Waals surface area contributed by atoms with Crippen molar-refractivity contribution in [2.24, 2.45) is 0 Å². The summed E-state index contributed by atoms with van der Waals surface area (Å²) in [6.07, 6.45) is 1.41. The van der Waals surface area contributed by atoms with Crippen LogP contribution in [-0.4, -0.2) is 46.8 Å². The van der Waals surface area contributed by atoms with Crippen LogP contribution < -0.4 is 0 Å². The molecule has 0 bridgehead atoms. The third-order valence-corrected chi connectivity index (χ3v) is 5.38. The minimum atomic E-state index is -3.22. The predicted molar refractivity (Wildman–Crippen MR) is 88.1 cm³/mol. The number of aryl methyl sites for hydroxylation is 1. The highest BCUT2D eigenvalue weighted by atomic mass is 32.2. The lowest BCUT2D eigenvalue weighted by molar-refractivity contribution is -0.132. The lowest BCUT2D eigenvalue weighted by atomic mass is 10.1. The van der Waals surface area contributed by atoms with Gasteiger partial charge in [-0.05, 0) is 31.5 Å². The second kappa shape index (κ2) is 6.01. The largest absolute Gasteiger partial charge is 0.333 e. The first-order valence-corrected chi connectivity index (χ1v) is 9.62. The molecule has 1 atom stereocenters. The quantitative estimate of drug-likeness (QED) is 0.830. The van der Waals surface area contributed by atoms with E-state index < -0.39 is 9.84 Å². The van der Waals surface area contributed by atoms with E-state index in [1.807, 2.05) is 13.8 Å². The molecule has 2 heterocycles. The van der Waals surface area contributed by atoms with Crippen LogP contribution in [-0.2, 0) is 27.6 Å². The van der Waals surface area contributed by atoms with Gasteiger partial charge in [-0.3, -0.25) is 4.79 Å². The van der Waals surface area contributed by atoms with Crippen molar-refractivity contribution in [2.45, 2.75) is 37.8 Å². The number of carbonyl (C=O) groups is 1. The normalized spacial score (nSPS) is 17.6. The van der Waals surface area contributed by atoms with E-state index in [0.717, 1.165) is 17.2 Å². The Bertz CT molecular complexity index is 871. The Labute approximate surface area is 141 Å². The number of sulfone groups is 1. The van der Waals surface area contributed by atoms with Gasteiger partial charge in [0.1, 0.15) is 5.82 Å². The summed E-state index contributed by atoms with van der Waals surface area (Å²) >= 11 is 0. The van der Waals surface area contributed by atoms with E-state index in [-0.39, 0.29) is 23.3 Å². The molecule has 0 spiro atoms. The number of rotatable bonds is 3. The van der Waals surface area contributed by atoms with Crippen LogP contribution in [0.15, 0.2) is 29.2 Å². The Morgan fingerprint density at radius 1 is 1.25 bits per heavy atom. The van der Waals surface area contributed by atoms with Crippen molar-refractivity contribution in [3.63, 3.8) is 0 Å². The predicted octanol–water partition coefficient (Wildman–Crippen LogP) is 1.14. The second-order valence-corrected chi connectivity index (χ2v) is 8.27. The van der Waals surface area contributed by atoms with Crippen LogP contribution in [0, 0.1) is 6.92 Å². The molecule has 0 fully saturated rings. The molecule has 8 heteroatoms. The molecular weight excluding hydrogens is 328 g/mol. The van der Waals surface area contributed by atoms with Gasteiger partial charge in [0, 0.05) is 12.8 Å². The molecule has 1 aromatic heterocycles. The molecule has 0 saturated carbocycles. The molecular formula is C16H20N4O3S. The number of nitrogens with zero attached hydrogens (tertiary/aromatic N) is 4. The fourth-order valence-corrected chi connectivity index (χ4v) is 3.69. The molecule has 0 saturated heterocycles. The van der Waals surface area contributed by atoms with Crippen molar-refractivity contribution in [3.8, 4) is 0 Å². The molecule has 24 heavy (non-hydrogen) atoms. The number of hydrogen-bond donors (Lipinski definition) is 0. The fraction of sp³-hybridized carbons (Fsp3) is 0.438. The lowest BCUT2D eigenvalue weighted by Crippen LogP contribution is -2.41. The van der Waals surface area contributed by atoms with Crippen molar-refractivity contribution in [1.82, 2.24) is 19.7 Å². The van der Waals surface area contributed by atoms with Crippen LogP contribution in [0.4, 0.5) is 0 Å². The van der Waals surface area contributed by atoms with Gasteiger partial charge in [0.15, 0.2) is 15.7 Å². The van der Waals surface area contributed by atoms with E-state index in [1.165, 1.54) is 18.4 Å². The first kappa shape index (κ1) is 16.6. The first-order chi connectivity index (χ1) is 11.3. The van der Waals surface area contributed by atoms with Crippen molar-refractivity contribution in [2.75, 3.05) is 12.8 Å². The van der Waals surface area contributed by atoms with Gasteiger partial charge in [-0.1, -0.05) is 12.1 Å². The number of carbonyl (C=O) groups excluding carboxylic acids is 1. The Morgan fingerprint density at radius 3 is 2.54 bits per heavy atom. The van der Waals surface area contributed by atoms with Crippen LogP contribution in [0.5, 0.6) is 0 Å². The Balaban J connectivity index is 1.72. The van der Waals surface area contributed by atoms with Gasteiger partial charge in [-0.15, -0.1) is 10.2 Å². The molecule has 7 nitrogen and oxygen atoms in total. The number of benzene rings is 1. The van der Waals surface area contributed by atoms with Gasteiger partial charge in [-0.25, -0.2) is 8.42 Å². The highest BCUT2D eigenvalue weighted by molar-refractivity contribution is 7.90. The summed E-state index contributed by atoms with van der Waals surface area (Å²) in [5, 5.41) is 8.21. The molecule has 128 valence electrons. The van der Waals surface area contributed by atoms with Crippen LogP contribution in [0.3, 0.4) is 0 Å². The monoisotopic (exact) mass is 348 g/mol. The van der Waals surface area contributed by atoms with E-state index in [1.54, 1.807) is 17.0 Å².